The molecule has 4 rings (SSSR count). The highest BCUT2D eigenvalue weighted by Gasteiger charge is 2.35. The number of carbonyl (C=O) groups is 2. The maximum absolute atomic E-state index is 14.5. The van der Waals surface area contributed by atoms with Crippen molar-refractivity contribution >= 4 is 11.8 Å². The summed E-state index contributed by atoms with van der Waals surface area (Å²) in [6.07, 6.45) is -1.09. The number of hydrogen-bond donors (Lipinski definition) is 2. The van der Waals surface area contributed by atoms with Crippen molar-refractivity contribution in [3.63, 3.8) is 0 Å². The first kappa shape index (κ1) is 32.2. The molecule has 2 N–H and O–H groups in total. The fourth-order valence-electron chi connectivity index (χ4n) is 4.83. The molecular weight excluding hydrogens is 588 g/mol. The molecule has 44 heavy (non-hydrogen) atoms. The van der Waals surface area contributed by atoms with E-state index in [2.05, 4.69) is 20.7 Å². The minimum atomic E-state index is -4.72. The van der Waals surface area contributed by atoms with Gasteiger partial charge in [0.05, 0.1) is 17.3 Å². The maximum atomic E-state index is 14.5. The summed E-state index contributed by atoms with van der Waals surface area (Å²) in [5.41, 5.74) is -0.283. The number of benzene rings is 2. The van der Waals surface area contributed by atoms with Crippen LogP contribution in [0.25, 0.3) is 11.1 Å². The van der Waals surface area contributed by atoms with Crippen molar-refractivity contribution in [2.45, 2.75) is 50.9 Å². The van der Waals surface area contributed by atoms with Gasteiger partial charge in [-0.25, -0.2) is 13.2 Å². The Bertz CT molecular complexity index is 1620. The normalized spacial score (nSPS) is 12.9. The van der Waals surface area contributed by atoms with Crippen molar-refractivity contribution < 1.29 is 35.9 Å². The predicted molar refractivity (Wildman–Crippen MR) is 150 cm³/mol. The molecular formula is C31H29F6N5O2. The SMILES string of the molecule is CCCCC(C(=O)N[C@@H](Cc1cc(F)cc(F)c1)c1ncccc1-c1ccc(F)c(C(=O)NC)c1)n1ccc(C(F)(F)F)n1. The van der Waals surface area contributed by atoms with Crippen molar-refractivity contribution in [1.29, 1.82) is 0 Å². The third-order valence-corrected chi connectivity index (χ3v) is 6.95. The van der Waals surface area contributed by atoms with Crippen LogP contribution in [0.15, 0.2) is 67.0 Å². The van der Waals surface area contributed by atoms with Crippen LogP contribution in [-0.4, -0.2) is 33.6 Å². The van der Waals surface area contributed by atoms with Gasteiger partial charge in [-0.1, -0.05) is 31.9 Å². The highest BCUT2D eigenvalue weighted by molar-refractivity contribution is 5.95. The van der Waals surface area contributed by atoms with Gasteiger partial charge >= 0.3 is 6.18 Å². The summed E-state index contributed by atoms with van der Waals surface area (Å²) in [5.74, 6) is -3.84. The van der Waals surface area contributed by atoms with E-state index in [-0.39, 0.29) is 29.7 Å². The van der Waals surface area contributed by atoms with E-state index >= 15 is 0 Å². The topological polar surface area (TPSA) is 88.9 Å². The predicted octanol–water partition coefficient (Wildman–Crippen LogP) is 6.57. The summed E-state index contributed by atoms with van der Waals surface area (Å²) in [6.45, 7) is 1.86. The molecule has 2 heterocycles. The molecule has 7 nitrogen and oxygen atoms in total. The van der Waals surface area contributed by atoms with E-state index in [4.69, 9.17) is 0 Å². The second-order valence-corrected chi connectivity index (χ2v) is 10.1. The number of amides is 2. The maximum Gasteiger partial charge on any atom is 0.435 e. The van der Waals surface area contributed by atoms with Gasteiger partial charge in [0.1, 0.15) is 23.5 Å². The van der Waals surface area contributed by atoms with E-state index < -0.39 is 53.2 Å². The van der Waals surface area contributed by atoms with Gasteiger partial charge in [0.15, 0.2) is 5.69 Å². The molecule has 0 spiro atoms. The van der Waals surface area contributed by atoms with Gasteiger partial charge in [0.25, 0.3) is 5.91 Å². The molecule has 2 amide bonds. The third-order valence-electron chi connectivity index (χ3n) is 6.95. The number of rotatable bonds is 11. The Morgan fingerprint density at radius 1 is 1.00 bits per heavy atom. The smallest absolute Gasteiger partial charge is 0.355 e. The number of nitrogens with one attached hydrogen (secondary N) is 2. The summed E-state index contributed by atoms with van der Waals surface area (Å²) in [5, 5.41) is 8.76. The number of nitrogens with zero attached hydrogens (tertiary/aromatic N) is 3. The van der Waals surface area contributed by atoms with E-state index in [1.807, 2.05) is 6.92 Å². The van der Waals surface area contributed by atoms with E-state index in [1.54, 1.807) is 12.1 Å². The van der Waals surface area contributed by atoms with Crippen LogP contribution in [0.5, 0.6) is 0 Å². The lowest BCUT2D eigenvalue weighted by Crippen LogP contribution is -2.37. The Labute approximate surface area is 249 Å². The van der Waals surface area contributed by atoms with Gasteiger partial charge in [0, 0.05) is 31.1 Å². The summed E-state index contributed by atoms with van der Waals surface area (Å²) in [4.78, 5) is 30.5. The zero-order valence-corrected chi connectivity index (χ0v) is 23.8. The average molecular weight is 618 g/mol. The molecule has 4 aromatic rings. The Balaban J connectivity index is 1.79. The summed E-state index contributed by atoms with van der Waals surface area (Å²) >= 11 is 0. The molecule has 0 radical (unpaired) electrons. The second-order valence-electron chi connectivity index (χ2n) is 10.1. The number of pyridine rings is 1. The fourth-order valence-corrected chi connectivity index (χ4v) is 4.83. The minimum Gasteiger partial charge on any atom is -0.355 e. The number of aromatic nitrogens is 3. The molecule has 0 aliphatic heterocycles. The first-order valence-corrected chi connectivity index (χ1v) is 13.8. The largest absolute Gasteiger partial charge is 0.435 e. The van der Waals surface area contributed by atoms with Crippen molar-refractivity contribution in [2.75, 3.05) is 7.05 Å². The molecule has 232 valence electrons. The fraction of sp³-hybridized carbons (Fsp3) is 0.290. The number of halogens is 6. The Kier molecular flexibility index (Phi) is 10.1. The number of hydrogen-bond acceptors (Lipinski definition) is 4. The molecule has 0 saturated heterocycles. The lowest BCUT2D eigenvalue weighted by molar-refractivity contribution is -0.142. The van der Waals surface area contributed by atoms with E-state index in [0.29, 0.717) is 30.0 Å². The van der Waals surface area contributed by atoms with Gasteiger partial charge in [-0.2, -0.15) is 18.3 Å². The van der Waals surface area contributed by atoms with Crippen LogP contribution in [0, 0.1) is 17.5 Å². The van der Waals surface area contributed by atoms with E-state index in [9.17, 15) is 35.9 Å². The molecule has 0 bridgehead atoms. The number of carbonyl (C=O) groups excluding carboxylic acids is 2. The van der Waals surface area contributed by atoms with E-state index in [1.165, 1.54) is 25.4 Å². The van der Waals surface area contributed by atoms with E-state index in [0.717, 1.165) is 35.1 Å². The van der Waals surface area contributed by atoms with Gasteiger partial charge in [0.2, 0.25) is 5.91 Å². The van der Waals surface area contributed by atoms with Crippen LogP contribution in [0.4, 0.5) is 26.3 Å². The van der Waals surface area contributed by atoms with Gasteiger partial charge in [-0.3, -0.25) is 19.3 Å². The standard InChI is InChI=1S/C31H29F6N5O2/c1-3-4-7-26(42-12-10-27(41-42)31(35,36)37)30(44)40-25(15-18-13-20(32)17-21(33)14-18)28-22(6-5-11-39-28)19-8-9-24(34)23(16-19)29(43)38-2/h5-6,8-14,16-17,25-26H,3-4,7,15H2,1-2H3,(H,38,43)(H,40,44)/t25-,26?/m0/s1. The van der Waals surface area contributed by atoms with Crippen LogP contribution < -0.4 is 10.6 Å². The van der Waals surface area contributed by atoms with Gasteiger partial charge < -0.3 is 10.6 Å². The Hall–Kier alpha value is -4.68. The summed E-state index contributed by atoms with van der Waals surface area (Å²) in [6, 6.07) is 8.45. The molecule has 2 aromatic carbocycles. The Morgan fingerprint density at radius 3 is 2.36 bits per heavy atom. The van der Waals surface area contributed by atoms with Gasteiger partial charge in [-0.05, 0) is 60.4 Å². The quantitative estimate of drug-likeness (QED) is 0.186. The van der Waals surface area contributed by atoms with Gasteiger partial charge in [-0.15, -0.1) is 0 Å². The Morgan fingerprint density at radius 2 is 1.73 bits per heavy atom. The number of alkyl halides is 3. The minimum absolute atomic E-state index is 0.158. The zero-order chi connectivity index (χ0) is 32.0. The van der Waals surface area contributed by atoms with Crippen LogP contribution in [0.2, 0.25) is 0 Å². The second kappa shape index (κ2) is 13.7. The molecule has 0 aliphatic carbocycles. The average Bonchev–Trinajstić information content (AvgIpc) is 3.47. The lowest BCUT2D eigenvalue weighted by Gasteiger charge is -2.25. The monoisotopic (exact) mass is 617 g/mol. The highest BCUT2D eigenvalue weighted by atomic mass is 19.4. The van der Waals surface area contributed by atoms with Crippen molar-refractivity contribution in [3.8, 4) is 11.1 Å². The molecule has 0 fully saturated rings. The molecule has 13 heteroatoms. The summed E-state index contributed by atoms with van der Waals surface area (Å²) in [7, 11) is 1.35. The molecule has 0 aliphatic rings. The third kappa shape index (κ3) is 7.63. The number of unbranched alkanes of at least 4 members (excludes halogenated alkanes) is 1. The van der Waals surface area contributed by atoms with Crippen LogP contribution in [0.1, 0.15) is 65.6 Å². The van der Waals surface area contributed by atoms with Crippen molar-refractivity contribution in [3.05, 3.63) is 107 Å². The first-order chi connectivity index (χ1) is 20.9. The highest BCUT2D eigenvalue weighted by Crippen LogP contribution is 2.32. The summed E-state index contributed by atoms with van der Waals surface area (Å²) < 4.78 is 83.6. The van der Waals surface area contributed by atoms with Crippen LogP contribution in [-0.2, 0) is 17.4 Å². The van der Waals surface area contributed by atoms with Crippen LogP contribution in [0.3, 0.4) is 0 Å². The molecule has 0 saturated carbocycles. The molecule has 2 atom stereocenters. The zero-order valence-electron chi connectivity index (χ0n) is 23.8. The lowest BCUT2D eigenvalue weighted by atomic mass is 9.94. The molecule has 2 aromatic heterocycles. The van der Waals surface area contributed by atoms with Crippen molar-refractivity contribution in [1.82, 2.24) is 25.4 Å². The van der Waals surface area contributed by atoms with Crippen LogP contribution >= 0.6 is 0 Å². The first-order valence-electron chi connectivity index (χ1n) is 13.8. The van der Waals surface area contributed by atoms with Crippen molar-refractivity contribution in [2.24, 2.45) is 0 Å². The molecule has 1 unspecified atom stereocenters.